The Morgan fingerprint density at radius 2 is 2.05 bits per heavy atom. The number of rotatable bonds is 3. The van der Waals surface area contributed by atoms with Gasteiger partial charge in [-0.05, 0) is 37.8 Å². The van der Waals surface area contributed by atoms with Crippen LogP contribution in [0.3, 0.4) is 0 Å². The summed E-state index contributed by atoms with van der Waals surface area (Å²) in [7, 11) is -3.27. The van der Waals surface area contributed by atoms with Crippen molar-refractivity contribution in [1.29, 1.82) is 0 Å². The molecule has 0 spiro atoms. The van der Waals surface area contributed by atoms with Crippen LogP contribution in [0.4, 0.5) is 5.82 Å². The lowest BCUT2D eigenvalue weighted by Gasteiger charge is -2.34. The lowest BCUT2D eigenvalue weighted by atomic mass is 9.92. The summed E-state index contributed by atoms with van der Waals surface area (Å²) in [6.07, 6.45) is 4.23. The molecule has 1 aromatic heterocycles. The van der Waals surface area contributed by atoms with Gasteiger partial charge in [0.25, 0.3) is 0 Å². The number of nitrogens with zero attached hydrogens (tertiary/aromatic N) is 2. The van der Waals surface area contributed by atoms with Crippen LogP contribution in [0, 0.1) is 5.92 Å². The van der Waals surface area contributed by atoms with E-state index in [0.29, 0.717) is 11.7 Å². The highest BCUT2D eigenvalue weighted by Crippen LogP contribution is 2.28. The van der Waals surface area contributed by atoms with E-state index in [-0.39, 0.29) is 11.0 Å². The molecule has 1 atom stereocenters. The second kappa shape index (κ2) is 5.46. The van der Waals surface area contributed by atoms with Gasteiger partial charge >= 0.3 is 0 Å². The summed E-state index contributed by atoms with van der Waals surface area (Å²) >= 11 is 0. The number of aliphatic hydroxyl groups excluding tert-OH is 1. The van der Waals surface area contributed by atoms with Gasteiger partial charge in [0.15, 0.2) is 9.84 Å². The summed E-state index contributed by atoms with van der Waals surface area (Å²) in [6.45, 7) is 3.27. The van der Waals surface area contributed by atoms with E-state index in [0.717, 1.165) is 25.9 Å². The number of aromatic nitrogens is 1. The van der Waals surface area contributed by atoms with Gasteiger partial charge in [0, 0.05) is 25.5 Å². The largest absolute Gasteiger partial charge is 0.393 e. The molecule has 2 heterocycles. The fourth-order valence-corrected chi connectivity index (χ4v) is 3.34. The van der Waals surface area contributed by atoms with Gasteiger partial charge in [-0.15, -0.1) is 0 Å². The second-order valence-electron chi connectivity index (χ2n) is 5.16. The SMILES string of the molecule is CC(O)C1CCN(c2ncccc2S(C)(=O)=O)CC1. The molecule has 6 heteroatoms. The monoisotopic (exact) mass is 284 g/mol. The van der Waals surface area contributed by atoms with Crippen LogP contribution in [0.25, 0.3) is 0 Å². The van der Waals surface area contributed by atoms with Gasteiger partial charge < -0.3 is 10.0 Å². The van der Waals surface area contributed by atoms with Crippen LogP contribution in [0.2, 0.25) is 0 Å². The van der Waals surface area contributed by atoms with Crippen molar-refractivity contribution in [3.05, 3.63) is 18.3 Å². The molecule has 0 radical (unpaired) electrons. The molecule has 1 fully saturated rings. The van der Waals surface area contributed by atoms with Crippen molar-refractivity contribution >= 4 is 15.7 Å². The Bertz CT molecular complexity index is 535. The molecule has 0 bridgehead atoms. The van der Waals surface area contributed by atoms with Gasteiger partial charge in [0.2, 0.25) is 0 Å². The van der Waals surface area contributed by atoms with Crippen LogP contribution < -0.4 is 4.90 Å². The van der Waals surface area contributed by atoms with Crippen molar-refractivity contribution < 1.29 is 13.5 Å². The van der Waals surface area contributed by atoms with Gasteiger partial charge in [0.1, 0.15) is 10.7 Å². The van der Waals surface area contributed by atoms with E-state index in [2.05, 4.69) is 4.98 Å². The van der Waals surface area contributed by atoms with E-state index in [1.807, 2.05) is 11.8 Å². The predicted molar refractivity (Wildman–Crippen MR) is 74.0 cm³/mol. The molecule has 1 aliphatic heterocycles. The molecule has 0 aliphatic carbocycles. The zero-order valence-electron chi connectivity index (χ0n) is 11.3. The summed E-state index contributed by atoms with van der Waals surface area (Å²) in [5.74, 6) is 0.829. The van der Waals surface area contributed by atoms with E-state index in [1.54, 1.807) is 18.3 Å². The molecule has 1 aromatic rings. The molecule has 1 unspecified atom stereocenters. The van der Waals surface area contributed by atoms with E-state index in [1.165, 1.54) is 6.26 Å². The van der Waals surface area contributed by atoms with Crippen molar-refractivity contribution in [2.45, 2.75) is 30.8 Å². The Balaban J connectivity index is 2.21. The van der Waals surface area contributed by atoms with Crippen LogP contribution >= 0.6 is 0 Å². The Morgan fingerprint density at radius 3 is 2.58 bits per heavy atom. The topological polar surface area (TPSA) is 70.5 Å². The quantitative estimate of drug-likeness (QED) is 0.899. The first-order valence-corrected chi connectivity index (χ1v) is 8.37. The van der Waals surface area contributed by atoms with Crippen LogP contribution in [-0.4, -0.2) is 44.0 Å². The van der Waals surface area contributed by atoms with Gasteiger partial charge in [0.05, 0.1) is 6.10 Å². The number of hydrogen-bond donors (Lipinski definition) is 1. The van der Waals surface area contributed by atoms with Gasteiger partial charge in [-0.25, -0.2) is 13.4 Å². The van der Waals surface area contributed by atoms with Gasteiger partial charge in [-0.3, -0.25) is 0 Å². The molecule has 0 saturated carbocycles. The minimum atomic E-state index is -3.27. The highest BCUT2D eigenvalue weighted by Gasteiger charge is 2.26. The zero-order valence-corrected chi connectivity index (χ0v) is 12.1. The summed E-state index contributed by atoms with van der Waals surface area (Å²) in [5, 5.41) is 9.59. The van der Waals surface area contributed by atoms with Gasteiger partial charge in [-0.1, -0.05) is 0 Å². The smallest absolute Gasteiger partial charge is 0.179 e. The highest BCUT2D eigenvalue weighted by molar-refractivity contribution is 7.90. The first-order chi connectivity index (χ1) is 8.89. The number of sulfone groups is 1. The Labute approximate surface area is 114 Å². The van der Waals surface area contributed by atoms with Crippen LogP contribution in [-0.2, 0) is 9.84 Å². The summed E-state index contributed by atoms with van der Waals surface area (Å²) in [6, 6.07) is 3.24. The molecule has 5 nitrogen and oxygen atoms in total. The Hall–Kier alpha value is -1.14. The van der Waals surface area contributed by atoms with E-state index in [9.17, 15) is 13.5 Å². The van der Waals surface area contributed by atoms with Gasteiger partial charge in [-0.2, -0.15) is 0 Å². The highest BCUT2D eigenvalue weighted by atomic mass is 32.2. The average Bonchev–Trinajstić information content (AvgIpc) is 2.38. The van der Waals surface area contributed by atoms with Crippen molar-refractivity contribution in [1.82, 2.24) is 4.98 Å². The lowest BCUT2D eigenvalue weighted by Crippen LogP contribution is -2.38. The van der Waals surface area contributed by atoms with Crippen LogP contribution in [0.15, 0.2) is 23.2 Å². The Morgan fingerprint density at radius 1 is 1.42 bits per heavy atom. The molecule has 0 amide bonds. The van der Waals surface area contributed by atoms with E-state index < -0.39 is 9.84 Å². The Kier molecular flexibility index (Phi) is 4.10. The van der Waals surface area contributed by atoms with E-state index in [4.69, 9.17) is 0 Å². The maximum Gasteiger partial charge on any atom is 0.179 e. The third-order valence-corrected chi connectivity index (χ3v) is 4.79. The predicted octanol–water partition coefficient (Wildman–Crippen LogP) is 1.08. The summed E-state index contributed by atoms with van der Waals surface area (Å²) in [5.41, 5.74) is 0. The number of anilines is 1. The van der Waals surface area contributed by atoms with Crippen molar-refractivity contribution in [2.24, 2.45) is 5.92 Å². The standard InChI is InChI=1S/C13H20N2O3S/c1-10(16)11-5-8-15(9-6-11)13-12(19(2,17)18)4-3-7-14-13/h3-4,7,10-11,16H,5-6,8-9H2,1-2H3. The molecular weight excluding hydrogens is 264 g/mol. The molecular formula is C13H20N2O3S. The molecule has 1 aliphatic rings. The minimum absolute atomic E-state index is 0.283. The fourth-order valence-electron chi connectivity index (χ4n) is 2.50. The molecule has 1 N–H and O–H groups in total. The second-order valence-corrected chi connectivity index (χ2v) is 7.15. The van der Waals surface area contributed by atoms with E-state index >= 15 is 0 Å². The normalized spacial score (nSPS) is 19.4. The zero-order chi connectivity index (χ0) is 14.0. The first-order valence-electron chi connectivity index (χ1n) is 6.47. The van der Waals surface area contributed by atoms with Crippen LogP contribution in [0.1, 0.15) is 19.8 Å². The minimum Gasteiger partial charge on any atom is -0.393 e. The molecule has 19 heavy (non-hydrogen) atoms. The molecule has 106 valence electrons. The molecule has 2 rings (SSSR count). The number of piperidine rings is 1. The average molecular weight is 284 g/mol. The third-order valence-electron chi connectivity index (χ3n) is 3.67. The summed E-state index contributed by atoms with van der Waals surface area (Å²) < 4.78 is 23.5. The molecule has 1 saturated heterocycles. The molecule has 0 aromatic carbocycles. The van der Waals surface area contributed by atoms with Crippen molar-refractivity contribution in [3.8, 4) is 0 Å². The first kappa shape index (κ1) is 14.3. The maximum absolute atomic E-state index is 11.8. The number of aliphatic hydroxyl groups is 1. The lowest BCUT2D eigenvalue weighted by molar-refractivity contribution is 0.109. The van der Waals surface area contributed by atoms with Crippen LogP contribution in [0.5, 0.6) is 0 Å². The third kappa shape index (κ3) is 3.25. The van der Waals surface area contributed by atoms with Crippen molar-refractivity contribution in [2.75, 3.05) is 24.2 Å². The number of hydrogen-bond acceptors (Lipinski definition) is 5. The summed E-state index contributed by atoms with van der Waals surface area (Å²) in [4.78, 5) is 6.50. The fraction of sp³-hybridized carbons (Fsp3) is 0.615. The maximum atomic E-state index is 11.8. The van der Waals surface area contributed by atoms with Crippen molar-refractivity contribution in [3.63, 3.8) is 0 Å². The number of pyridine rings is 1.